The van der Waals surface area contributed by atoms with E-state index in [2.05, 4.69) is 15.5 Å². The van der Waals surface area contributed by atoms with E-state index in [1.54, 1.807) is 24.3 Å². The van der Waals surface area contributed by atoms with Crippen molar-refractivity contribution in [1.29, 1.82) is 0 Å². The van der Waals surface area contributed by atoms with Gasteiger partial charge < -0.3 is 5.32 Å². The van der Waals surface area contributed by atoms with E-state index in [1.165, 1.54) is 0 Å². The molecule has 2 aromatic rings. The number of nitrogens with zero attached hydrogens (tertiary/aromatic N) is 1. The molecule has 1 amide bonds. The van der Waals surface area contributed by atoms with E-state index >= 15 is 0 Å². The van der Waals surface area contributed by atoms with Crippen molar-refractivity contribution in [2.24, 2.45) is 0 Å². The zero-order chi connectivity index (χ0) is 13.4. The highest BCUT2D eigenvalue weighted by molar-refractivity contribution is 6.36. The van der Waals surface area contributed by atoms with Gasteiger partial charge >= 0.3 is 0 Å². The highest BCUT2D eigenvalue weighted by Gasteiger charge is 2.24. The summed E-state index contributed by atoms with van der Waals surface area (Å²) < 4.78 is 0. The number of carbonyl (C=O) groups excluding carboxylic acids is 1. The van der Waals surface area contributed by atoms with Gasteiger partial charge in [0.05, 0.1) is 10.7 Å². The van der Waals surface area contributed by atoms with Crippen molar-refractivity contribution in [2.75, 3.05) is 0 Å². The lowest BCUT2D eigenvalue weighted by atomic mass is 10.1. The minimum Gasteiger partial charge on any atom is -0.348 e. The number of amides is 1. The lowest BCUT2D eigenvalue weighted by molar-refractivity contribution is 0.0946. The van der Waals surface area contributed by atoms with Crippen LogP contribution in [0.2, 0.25) is 10.0 Å². The molecule has 6 heteroatoms. The molecule has 1 aliphatic carbocycles. The number of rotatable bonds is 3. The number of nitrogens with one attached hydrogen (secondary N) is 2. The van der Waals surface area contributed by atoms with Crippen LogP contribution in [0.5, 0.6) is 0 Å². The Labute approximate surface area is 120 Å². The lowest BCUT2D eigenvalue weighted by Gasteiger charge is -2.00. The summed E-state index contributed by atoms with van der Waals surface area (Å²) in [4.78, 5) is 11.8. The first-order chi connectivity index (χ1) is 9.13. The van der Waals surface area contributed by atoms with Crippen molar-refractivity contribution in [3.63, 3.8) is 0 Å². The molecule has 1 heterocycles. The second kappa shape index (κ2) is 4.87. The van der Waals surface area contributed by atoms with E-state index in [-0.39, 0.29) is 5.91 Å². The monoisotopic (exact) mass is 295 g/mol. The van der Waals surface area contributed by atoms with Crippen LogP contribution in [0.1, 0.15) is 23.3 Å². The molecule has 1 saturated carbocycles. The summed E-state index contributed by atoms with van der Waals surface area (Å²) in [6, 6.07) is 7.17. The molecular weight excluding hydrogens is 285 g/mol. The number of benzene rings is 1. The van der Waals surface area contributed by atoms with E-state index < -0.39 is 0 Å². The van der Waals surface area contributed by atoms with Gasteiger partial charge in [-0.3, -0.25) is 9.89 Å². The molecule has 0 unspecified atom stereocenters. The molecule has 1 aromatic carbocycles. The fourth-order valence-electron chi connectivity index (χ4n) is 1.76. The van der Waals surface area contributed by atoms with E-state index in [0.717, 1.165) is 18.4 Å². The summed E-state index contributed by atoms with van der Waals surface area (Å²) in [5, 5.41) is 10.8. The van der Waals surface area contributed by atoms with Gasteiger partial charge in [-0.1, -0.05) is 23.2 Å². The van der Waals surface area contributed by atoms with Gasteiger partial charge in [0.15, 0.2) is 0 Å². The molecular formula is C13H11Cl2N3O. The Morgan fingerprint density at radius 2 is 2.11 bits per heavy atom. The number of aromatic nitrogens is 2. The Bertz CT molecular complexity index is 635. The van der Waals surface area contributed by atoms with Crippen molar-refractivity contribution in [1.82, 2.24) is 15.5 Å². The molecule has 3 rings (SSSR count). The third-order valence-electron chi connectivity index (χ3n) is 2.94. The lowest BCUT2D eigenvalue weighted by Crippen LogP contribution is -2.25. The maximum atomic E-state index is 11.8. The maximum absolute atomic E-state index is 11.8. The summed E-state index contributed by atoms with van der Waals surface area (Å²) in [6.07, 6.45) is 2.10. The van der Waals surface area contributed by atoms with Gasteiger partial charge in [0, 0.05) is 16.6 Å². The molecule has 0 saturated heterocycles. The molecule has 1 aromatic heterocycles. The van der Waals surface area contributed by atoms with Crippen LogP contribution in [-0.2, 0) is 0 Å². The molecule has 98 valence electrons. The summed E-state index contributed by atoms with van der Waals surface area (Å²) in [5.74, 6) is -0.133. The molecule has 0 atom stereocenters. The molecule has 0 aliphatic heterocycles. The van der Waals surface area contributed by atoms with Crippen LogP contribution in [0.4, 0.5) is 0 Å². The van der Waals surface area contributed by atoms with Crippen LogP contribution < -0.4 is 5.32 Å². The van der Waals surface area contributed by atoms with Gasteiger partial charge in [-0.25, -0.2) is 0 Å². The predicted octanol–water partition coefficient (Wildman–Crippen LogP) is 3.28. The minimum absolute atomic E-state index is 0.133. The Balaban J connectivity index is 1.85. The number of hydrogen-bond acceptors (Lipinski definition) is 2. The number of H-pyrrole nitrogens is 1. The smallest absolute Gasteiger partial charge is 0.269 e. The van der Waals surface area contributed by atoms with Crippen molar-refractivity contribution >= 4 is 29.1 Å². The van der Waals surface area contributed by atoms with Crippen LogP contribution in [0.15, 0.2) is 24.3 Å². The summed E-state index contributed by atoms with van der Waals surface area (Å²) >= 11 is 12.0. The van der Waals surface area contributed by atoms with E-state index in [0.29, 0.717) is 27.5 Å². The summed E-state index contributed by atoms with van der Waals surface area (Å²) in [6.45, 7) is 0. The second-order valence-corrected chi connectivity index (χ2v) is 5.38. The van der Waals surface area contributed by atoms with Crippen LogP contribution in [0.25, 0.3) is 11.3 Å². The quantitative estimate of drug-likeness (QED) is 0.913. The molecule has 1 fully saturated rings. The van der Waals surface area contributed by atoms with E-state index in [4.69, 9.17) is 23.2 Å². The molecule has 1 aliphatic rings. The van der Waals surface area contributed by atoms with Gasteiger partial charge in [0.2, 0.25) is 0 Å². The van der Waals surface area contributed by atoms with Crippen molar-refractivity contribution < 1.29 is 4.79 Å². The SMILES string of the molecule is O=C(NC1CC1)c1cc(-c2ccc(Cl)cc2Cl)n[nH]1. The number of aromatic amines is 1. The predicted molar refractivity (Wildman–Crippen MR) is 74.5 cm³/mol. The highest BCUT2D eigenvalue weighted by Crippen LogP contribution is 2.29. The van der Waals surface area contributed by atoms with Gasteiger partial charge in [0.25, 0.3) is 5.91 Å². The second-order valence-electron chi connectivity index (χ2n) is 4.54. The molecule has 0 bridgehead atoms. The normalized spacial score (nSPS) is 14.4. The number of halogens is 2. The molecule has 19 heavy (non-hydrogen) atoms. The zero-order valence-corrected chi connectivity index (χ0v) is 11.4. The van der Waals surface area contributed by atoms with Crippen LogP contribution in [-0.4, -0.2) is 22.1 Å². The van der Waals surface area contributed by atoms with Gasteiger partial charge in [-0.05, 0) is 37.1 Å². The Morgan fingerprint density at radius 1 is 1.32 bits per heavy atom. The fourth-order valence-corrected chi connectivity index (χ4v) is 2.27. The van der Waals surface area contributed by atoms with Gasteiger partial charge in [-0.2, -0.15) is 5.10 Å². The average Bonchev–Trinajstić information content (AvgIpc) is 3.04. The standard InChI is InChI=1S/C13H11Cl2N3O/c14-7-1-4-9(10(15)5-7)11-6-12(18-17-11)13(19)16-8-2-3-8/h1,4-6,8H,2-3H2,(H,16,19)(H,17,18). The summed E-state index contributed by atoms with van der Waals surface area (Å²) in [5.41, 5.74) is 1.81. The zero-order valence-electron chi connectivity index (χ0n) is 9.91. The first kappa shape index (κ1) is 12.5. The molecule has 2 N–H and O–H groups in total. The Kier molecular flexibility index (Phi) is 3.21. The molecule has 0 radical (unpaired) electrons. The topological polar surface area (TPSA) is 57.8 Å². The maximum Gasteiger partial charge on any atom is 0.269 e. The van der Waals surface area contributed by atoms with E-state index in [1.807, 2.05) is 0 Å². The average molecular weight is 296 g/mol. The third kappa shape index (κ3) is 2.74. The number of carbonyl (C=O) groups is 1. The fraction of sp³-hybridized carbons (Fsp3) is 0.231. The summed E-state index contributed by atoms with van der Waals surface area (Å²) in [7, 11) is 0. The molecule has 4 nitrogen and oxygen atoms in total. The molecule has 0 spiro atoms. The van der Waals surface area contributed by atoms with Crippen LogP contribution in [0, 0.1) is 0 Å². The number of hydrogen-bond donors (Lipinski definition) is 2. The van der Waals surface area contributed by atoms with Gasteiger partial charge in [0.1, 0.15) is 5.69 Å². The van der Waals surface area contributed by atoms with Crippen molar-refractivity contribution in [3.8, 4) is 11.3 Å². The Hall–Kier alpha value is -1.52. The first-order valence-electron chi connectivity index (χ1n) is 5.95. The highest BCUT2D eigenvalue weighted by atomic mass is 35.5. The Morgan fingerprint density at radius 3 is 2.79 bits per heavy atom. The minimum atomic E-state index is -0.133. The first-order valence-corrected chi connectivity index (χ1v) is 6.71. The third-order valence-corrected chi connectivity index (χ3v) is 3.49. The van der Waals surface area contributed by atoms with Crippen molar-refractivity contribution in [3.05, 3.63) is 40.0 Å². The van der Waals surface area contributed by atoms with Gasteiger partial charge in [-0.15, -0.1) is 0 Å². The van der Waals surface area contributed by atoms with Crippen molar-refractivity contribution in [2.45, 2.75) is 18.9 Å². The van der Waals surface area contributed by atoms with E-state index in [9.17, 15) is 4.79 Å². The largest absolute Gasteiger partial charge is 0.348 e. The van der Waals surface area contributed by atoms with Crippen LogP contribution >= 0.6 is 23.2 Å². The van der Waals surface area contributed by atoms with Crippen LogP contribution in [0.3, 0.4) is 0 Å².